The van der Waals surface area contributed by atoms with E-state index in [2.05, 4.69) is 31.9 Å². The number of rotatable bonds is 2. The summed E-state index contributed by atoms with van der Waals surface area (Å²) >= 11 is 6.76. The highest BCUT2D eigenvalue weighted by molar-refractivity contribution is 9.11. The van der Waals surface area contributed by atoms with Gasteiger partial charge in [0.1, 0.15) is 11.5 Å². The van der Waals surface area contributed by atoms with Crippen molar-refractivity contribution in [3.8, 4) is 0 Å². The van der Waals surface area contributed by atoms with Gasteiger partial charge in [0.15, 0.2) is 5.78 Å². The Balaban J connectivity index is 2.47. The summed E-state index contributed by atoms with van der Waals surface area (Å²) in [6.45, 7) is 3.63. The van der Waals surface area contributed by atoms with Crippen molar-refractivity contribution in [2.45, 2.75) is 13.8 Å². The quantitative estimate of drug-likeness (QED) is 0.732. The molecule has 0 aliphatic rings. The SMILES string of the molecule is Cc1cc(C(=O)c2ccc(Br)cc2Br)c(C)o1. The number of hydrogen-bond donors (Lipinski definition) is 0. The summed E-state index contributed by atoms with van der Waals surface area (Å²) in [5.41, 5.74) is 1.25. The molecule has 1 aromatic carbocycles. The molecule has 0 N–H and O–H groups in total. The van der Waals surface area contributed by atoms with Crippen LogP contribution in [0.1, 0.15) is 27.4 Å². The fourth-order valence-corrected chi connectivity index (χ4v) is 2.90. The lowest BCUT2D eigenvalue weighted by Crippen LogP contribution is -2.02. The fraction of sp³-hybridized carbons (Fsp3) is 0.154. The number of halogens is 2. The topological polar surface area (TPSA) is 30.2 Å². The van der Waals surface area contributed by atoms with E-state index in [9.17, 15) is 4.79 Å². The van der Waals surface area contributed by atoms with Crippen LogP contribution in [-0.2, 0) is 0 Å². The van der Waals surface area contributed by atoms with Crippen molar-refractivity contribution in [3.63, 3.8) is 0 Å². The van der Waals surface area contributed by atoms with Gasteiger partial charge in [0.05, 0.1) is 5.56 Å². The molecule has 0 aliphatic carbocycles. The molecule has 0 radical (unpaired) electrons. The average molecular weight is 358 g/mol. The van der Waals surface area contributed by atoms with Crippen molar-refractivity contribution >= 4 is 37.6 Å². The molecule has 0 aliphatic heterocycles. The van der Waals surface area contributed by atoms with Crippen molar-refractivity contribution in [1.29, 1.82) is 0 Å². The molecular formula is C13H10Br2O2. The van der Waals surface area contributed by atoms with Crippen LogP contribution in [0.5, 0.6) is 0 Å². The first kappa shape index (κ1) is 12.6. The van der Waals surface area contributed by atoms with Crippen molar-refractivity contribution in [3.05, 3.63) is 55.9 Å². The molecule has 0 unspecified atom stereocenters. The maximum atomic E-state index is 12.3. The lowest BCUT2D eigenvalue weighted by Gasteiger charge is -2.03. The molecule has 1 heterocycles. The van der Waals surface area contributed by atoms with Crippen LogP contribution in [0.3, 0.4) is 0 Å². The van der Waals surface area contributed by atoms with E-state index in [0.29, 0.717) is 16.9 Å². The van der Waals surface area contributed by atoms with E-state index in [-0.39, 0.29) is 5.78 Å². The second kappa shape index (κ2) is 4.78. The summed E-state index contributed by atoms with van der Waals surface area (Å²) in [7, 11) is 0. The number of aryl methyl sites for hydroxylation is 2. The maximum absolute atomic E-state index is 12.3. The number of ketones is 1. The number of carbonyl (C=O) groups is 1. The van der Waals surface area contributed by atoms with Gasteiger partial charge in [-0.25, -0.2) is 0 Å². The molecule has 4 heteroatoms. The molecular weight excluding hydrogens is 348 g/mol. The third-order valence-electron chi connectivity index (χ3n) is 2.46. The minimum atomic E-state index is -0.0290. The Morgan fingerprint density at radius 1 is 1.12 bits per heavy atom. The molecule has 0 amide bonds. The summed E-state index contributed by atoms with van der Waals surface area (Å²) in [5, 5.41) is 0. The third-order valence-corrected chi connectivity index (χ3v) is 3.61. The second-order valence-electron chi connectivity index (χ2n) is 3.78. The Hall–Kier alpha value is -0.870. The molecule has 17 heavy (non-hydrogen) atoms. The highest BCUT2D eigenvalue weighted by atomic mass is 79.9. The molecule has 0 fully saturated rings. The molecule has 2 nitrogen and oxygen atoms in total. The van der Waals surface area contributed by atoms with Gasteiger partial charge in [0, 0.05) is 14.5 Å². The van der Waals surface area contributed by atoms with Crippen LogP contribution in [0.15, 0.2) is 37.6 Å². The van der Waals surface area contributed by atoms with Crippen LogP contribution in [-0.4, -0.2) is 5.78 Å². The summed E-state index contributed by atoms with van der Waals surface area (Å²) < 4.78 is 7.08. The number of furan rings is 1. The van der Waals surface area contributed by atoms with Gasteiger partial charge < -0.3 is 4.42 Å². The standard InChI is InChI=1S/C13H10Br2O2/c1-7-5-11(8(2)17-7)13(16)10-4-3-9(14)6-12(10)15/h3-6H,1-2H3. The minimum Gasteiger partial charge on any atom is -0.466 e. The zero-order valence-corrected chi connectivity index (χ0v) is 12.6. The Bertz CT molecular complexity index is 585. The normalized spacial score (nSPS) is 10.6. The molecule has 0 bridgehead atoms. The predicted molar refractivity (Wildman–Crippen MR) is 73.5 cm³/mol. The first-order valence-corrected chi connectivity index (χ1v) is 6.64. The minimum absolute atomic E-state index is 0.0290. The van der Waals surface area contributed by atoms with Crippen molar-refractivity contribution in [1.82, 2.24) is 0 Å². The highest BCUT2D eigenvalue weighted by Crippen LogP contribution is 2.26. The van der Waals surface area contributed by atoms with Crippen LogP contribution in [0.2, 0.25) is 0 Å². The van der Waals surface area contributed by atoms with Crippen LogP contribution < -0.4 is 0 Å². The van der Waals surface area contributed by atoms with Crippen molar-refractivity contribution < 1.29 is 9.21 Å². The summed E-state index contributed by atoms with van der Waals surface area (Å²) in [5.74, 6) is 1.38. The largest absolute Gasteiger partial charge is 0.466 e. The molecule has 88 valence electrons. The number of carbonyl (C=O) groups excluding carboxylic acids is 1. The van der Waals surface area contributed by atoms with Gasteiger partial charge in [-0.2, -0.15) is 0 Å². The van der Waals surface area contributed by atoms with E-state index in [1.54, 1.807) is 19.1 Å². The highest BCUT2D eigenvalue weighted by Gasteiger charge is 2.17. The van der Waals surface area contributed by atoms with Crippen LogP contribution in [0.4, 0.5) is 0 Å². The summed E-state index contributed by atoms with van der Waals surface area (Å²) in [6.07, 6.45) is 0. The first-order chi connectivity index (χ1) is 7.99. The van der Waals surface area contributed by atoms with Crippen molar-refractivity contribution in [2.75, 3.05) is 0 Å². The van der Waals surface area contributed by atoms with Gasteiger partial charge in [-0.3, -0.25) is 4.79 Å². The zero-order chi connectivity index (χ0) is 12.6. The van der Waals surface area contributed by atoms with Gasteiger partial charge in [0.25, 0.3) is 0 Å². The van der Waals surface area contributed by atoms with E-state index in [4.69, 9.17) is 4.42 Å². The maximum Gasteiger partial charge on any atom is 0.197 e. The second-order valence-corrected chi connectivity index (χ2v) is 5.55. The smallest absolute Gasteiger partial charge is 0.197 e. The van der Waals surface area contributed by atoms with Crippen LogP contribution in [0.25, 0.3) is 0 Å². The van der Waals surface area contributed by atoms with E-state index < -0.39 is 0 Å². The molecule has 2 aromatic rings. The Kier molecular flexibility index (Phi) is 3.54. The molecule has 1 aromatic heterocycles. The first-order valence-electron chi connectivity index (χ1n) is 5.06. The van der Waals surface area contributed by atoms with Gasteiger partial charge in [-0.15, -0.1) is 0 Å². The number of hydrogen-bond acceptors (Lipinski definition) is 2. The van der Waals surface area contributed by atoms with Crippen molar-refractivity contribution in [2.24, 2.45) is 0 Å². The molecule has 0 atom stereocenters. The fourth-order valence-electron chi connectivity index (χ4n) is 1.67. The Labute approximate surface area is 116 Å². The van der Waals surface area contributed by atoms with Gasteiger partial charge in [-0.05, 0) is 54.0 Å². The van der Waals surface area contributed by atoms with Crippen LogP contribution >= 0.6 is 31.9 Å². The van der Waals surface area contributed by atoms with Gasteiger partial charge in [0.2, 0.25) is 0 Å². The predicted octanol–water partition coefficient (Wildman–Crippen LogP) is 4.65. The summed E-state index contributed by atoms with van der Waals surface area (Å²) in [6, 6.07) is 7.26. The zero-order valence-electron chi connectivity index (χ0n) is 9.38. The monoisotopic (exact) mass is 356 g/mol. The van der Waals surface area contributed by atoms with E-state index in [1.807, 2.05) is 19.1 Å². The lowest BCUT2D eigenvalue weighted by atomic mass is 10.0. The average Bonchev–Trinajstić information content (AvgIpc) is 2.57. The molecule has 0 saturated carbocycles. The summed E-state index contributed by atoms with van der Waals surface area (Å²) in [4.78, 5) is 12.3. The molecule has 0 saturated heterocycles. The Morgan fingerprint density at radius 2 is 1.82 bits per heavy atom. The Morgan fingerprint density at radius 3 is 2.35 bits per heavy atom. The third kappa shape index (κ3) is 2.53. The lowest BCUT2D eigenvalue weighted by molar-refractivity contribution is 0.103. The van der Waals surface area contributed by atoms with E-state index >= 15 is 0 Å². The van der Waals surface area contributed by atoms with Crippen LogP contribution in [0, 0.1) is 13.8 Å². The van der Waals surface area contributed by atoms with Gasteiger partial charge >= 0.3 is 0 Å². The van der Waals surface area contributed by atoms with Gasteiger partial charge in [-0.1, -0.05) is 15.9 Å². The van der Waals surface area contributed by atoms with E-state index in [1.165, 1.54) is 0 Å². The van der Waals surface area contributed by atoms with E-state index in [0.717, 1.165) is 14.7 Å². The molecule has 0 spiro atoms. The molecule has 2 rings (SSSR count). The number of benzene rings is 1.